The van der Waals surface area contributed by atoms with E-state index >= 15 is 0 Å². The number of halogens is 1. The van der Waals surface area contributed by atoms with Crippen molar-refractivity contribution in [2.45, 2.75) is 26.2 Å². The SMILES string of the molecule is Cc1cccc(-c2nc(Cl)nc(N3CCCCC3)n2)c1. The first-order valence-corrected chi connectivity index (χ1v) is 7.34. The van der Waals surface area contributed by atoms with Crippen LogP contribution in [0.3, 0.4) is 0 Å². The summed E-state index contributed by atoms with van der Waals surface area (Å²) in [7, 11) is 0. The topological polar surface area (TPSA) is 41.9 Å². The van der Waals surface area contributed by atoms with Gasteiger partial charge in [0.25, 0.3) is 0 Å². The van der Waals surface area contributed by atoms with Crippen LogP contribution in [0.25, 0.3) is 11.4 Å². The Labute approximate surface area is 123 Å². The van der Waals surface area contributed by atoms with E-state index in [1.165, 1.54) is 24.8 Å². The van der Waals surface area contributed by atoms with E-state index in [0.29, 0.717) is 11.8 Å². The summed E-state index contributed by atoms with van der Waals surface area (Å²) in [5.41, 5.74) is 2.16. The van der Waals surface area contributed by atoms with Gasteiger partial charge in [0.1, 0.15) is 0 Å². The highest BCUT2D eigenvalue weighted by molar-refractivity contribution is 6.28. The van der Waals surface area contributed by atoms with Gasteiger partial charge in [-0.25, -0.2) is 0 Å². The summed E-state index contributed by atoms with van der Waals surface area (Å²) in [6.07, 6.45) is 3.65. The van der Waals surface area contributed by atoms with Crippen molar-refractivity contribution >= 4 is 17.5 Å². The molecule has 1 saturated heterocycles. The number of piperidine rings is 1. The number of aryl methyl sites for hydroxylation is 1. The Balaban J connectivity index is 1.97. The fourth-order valence-electron chi connectivity index (χ4n) is 2.49. The van der Waals surface area contributed by atoms with Gasteiger partial charge < -0.3 is 4.90 Å². The van der Waals surface area contributed by atoms with Crippen LogP contribution in [0, 0.1) is 6.92 Å². The molecule has 0 bridgehead atoms. The van der Waals surface area contributed by atoms with Crippen LogP contribution in [0.15, 0.2) is 24.3 Å². The van der Waals surface area contributed by atoms with Crippen molar-refractivity contribution in [3.63, 3.8) is 0 Å². The van der Waals surface area contributed by atoms with E-state index in [9.17, 15) is 0 Å². The summed E-state index contributed by atoms with van der Waals surface area (Å²) in [6, 6.07) is 8.12. The lowest BCUT2D eigenvalue weighted by Crippen LogP contribution is -2.31. The molecule has 0 aliphatic carbocycles. The second kappa shape index (κ2) is 5.75. The van der Waals surface area contributed by atoms with Crippen LogP contribution in [-0.4, -0.2) is 28.0 Å². The maximum atomic E-state index is 6.07. The molecule has 4 nitrogen and oxygen atoms in total. The number of aromatic nitrogens is 3. The van der Waals surface area contributed by atoms with Crippen molar-refractivity contribution in [2.75, 3.05) is 18.0 Å². The van der Waals surface area contributed by atoms with E-state index in [1.807, 2.05) is 12.1 Å². The van der Waals surface area contributed by atoms with Crippen LogP contribution in [0.5, 0.6) is 0 Å². The Kier molecular flexibility index (Phi) is 3.83. The molecule has 1 aromatic heterocycles. The summed E-state index contributed by atoms with van der Waals surface area (Å²) < 4.78 is 0. The van der Waals surface area contributed by atoms with Crippen LogP contribution in [0.4, 0.5) is 5.95 Å². The van der Waals surface area contributed by atoms with Gasteiger partial charge in [-0.15, -0.1) is 0 Å². The number of hydrogen-bond acceptors (Lipinski definition) is 4. The predicted octanol–water partition coefficient (Wildman–Crippen LogP) is 3.49. The van der Waals surface area contributed by atoms with Crippen molar-refractivity contribution in [1.82, 2.24) is 15.0 Å². The summed E-state index contributed by atoms with van der Waals surface area (Å²) >= 11 is 6.07. The van der Waals surface area contributed by atoms with Crippen molar-refractivity contribution in [3.8, 4) is 11.4 Å². The van der Waals surface area contributed by atoms with Crippen molar-refractivity contribution in [3.05, 3.63) is 35.1 Å². The highest BCUT2D eigenvalue weighted by Gasteiger charge is 2.16. The lowest BCUT2D eigenvalue weighted by Gasteiger charge is -2.26. The molecule has 20 heavy (non-hydrogen) atoms. The minimum Gasteiger partial charge on any atom is -0.341 e. The van der Waals surface area contributed by atoms with E-state index in [2.05, 4.69) is 38.9 Å². The van der Waals surface area contributed by atoms with Crippen LogP contribution < -0.4 is 4.90 Å². The monoisotopic (exact) mass is 288 g/mol. The van der Waals surface area contributed by atoms with E-state index in [4.69, 9.17) is 11.6 Å². The summed E-state index contributed by atoms with van der Waals surface area (Å²) in [6.45, 7) is 4.04. The second-order valence-electron chi connectivity index (χ2n) is 5.15. The number of anilines is 1. The molecular formula is C15H17ClN4. The number of hydrogen-bond donors (Lipinski definition) is 0. The highest BCUT2D eigenvalue weighted by Crippen LogP contribution is 2.22. The molecular weight excluding hydrogens is 272 g/mol. The largest absolute Gasteiger partial charge is 0.341 e. The molecule has 5 heteroatoms. The van der Waals surface area contributed by atoms with Crippen LogP contribution in [0.1, 0.15) is 24.8 Å². The Hall–Kier alpha value is -1.68. The quantitative estimate of drug-likeness (QED) is 0.848. The molecule has 1 aromatic carbocycles. The van der Waals surface area contributed by atoms with Gasteiger partial charge in [0.2, 0.25) is 11.2 Å². The first kappa shape index (κ1) is 13.3. The Bertz CT molecular complexity index is 609. The van der Waals surface area contributed by atoms with Gasteiger partial charge in [-0.2, -0.15) is 15.0 Å². The zero-order chi connectivity index (χ0) is 13.9. The van der Waals surface area contributed by atoms with E-state index in [-0.39, 0.29) is 5.28 Å². The van der Waals surface area contributed by atoms with E-state index < -0.39 is 0 Å². The molecule has 2 heterocycles. The Morgan fingerprint density at radius 2 is 1.85 bits per heavy atom. The zero-order valence-corrected chi connectivity index (χ0v) is 12.3. The fraction of sp³-hybridized carbons (Fsp3) is 0.400. The van der Waals surface area contributed by atoms with Crippen LogP contribution in [-0.2, 0) is 0 Å². The van der Waals surface area contributed by atoms with E-state index in [0.717, 1.165) is 18.7 Å². The summed E-state index contributed by atoms with van der Waals surface area (Å²) in [5.74, 6) is 1.34. The van der Waals surface area contributed by atoms with Crippen LogP contribution in [0.2, 0.25) is 5.28 Å². The third-order valence-corrected chi connectivity index (χ3v) is 3.68. The van der Waals surface area contributed by atoms with Gasteiger partial charge in [0, 0.05) is 18.7 Å². The number of nitrogens with zero attached hydrogens (tertiary/aromatic N) is 4. The normalized spacial score (nSPS) is 15.4. The number of benzene rings is 1. The van der Waals surface area contributed by atoms with Crippen molar-refractivity contribution in [1.29, 1.82) is 0 Å². The van der Waals surface area contributed by atoms with Gasteiger partial charge in [-0.3, -0.25) is 0 Å². The highest BCUT2D eigenvalue weighted by atomic mass is 35.5. The van der Waals surface area contributed by atoms with Crippen LogP contribution >= 0.6 is 11.6 Å². The van der Waals surface area contributed by atoms with Gasteiger partial charge in [-0.05, 0) is 43.9 Å². The summed E-state index contributed by atoms with van der Waals surface area (Å²) in [4.78, 5) is 15.3. The minimum atomic E-state index is 0.261. The maximum absolute atomic E-state index is 6.07. The van der Waals surface area contributed by atoms with Gasteiger partial charge in [-0.1, -0.05) is 23.8 Å². The standard InChI is InChI=1S/C15H17ClN4/c1-11-6-5-7-12(10-11)13-17-14(16)19-15(18-13)20-8-3-2-4-9-20/h5-7,10H,2-4,8-9H2,1H3. The zero-order valence-electron chi connectivity index (χ0n) is 11.5. The average molecular weight is 289 g/mol. The molecule has 0 radical (unpaired) electrons. The van der Waals surface area contributed by atoms with Gasteiger partial charge in [0.05, 0.1) is 0 Å². The van der Waals surface area contributed by atoms with Gasteiger partial charge in [0.15, 0.2) is 5.82 Å². The maximum Gasteiger partial charge on any atom is 0.230 e. The fourth-order valence-corrected chi connectivity index (χ4v) is 2.64. The Morgan fingerprint density at radius 1 is 1.05 bits per heavy atom. The first-order chi connectivity index (χ1) is 9.72. The molecule has 1 fully saturated rings. The summed E-state index contributed by atoms with van der Waals surface area (Å²) in [5, 5.41) is 0.261. The molecule has 0 atom stereocenters. The average Bonchev–Trinajstić information content (AvgIpc) is 2.47. The minimum absolute atomic E-state index is 0.261. The molecule has 0 N–H and O–H groups in total. The predicted molar refractivity (Wildman–Crippen MR) is 81.1 cm³/mol. The third kappa shape index (κ3) is 2.90. The third-order valence-electron chi connectivity index (χ3n) is 3.51. The van der Waals surface area contributed by atoms with Gasteiger partial charge >= 0.3 is 0 Å². The molecule has 3 rings (SSSR count). The van der Waals surface area contributed by atoms with Crippen molar-refractivity contribution < 1.29 is 0 Å². The van der Waals surface area contributed by atoms with Crippen molar-refractivity contribution in [2.24, 2.45) is 0 Å². The Morgan fingerprint density at radius 3 is 2.60 bits per heavy atom. The molecule has 1 aliphatic heterocycles. The molecule has 104 valence electrons. The lowest BCUT2D eigenvalue weighted by atomic mass is 10.1. The molecule has 1 aliphatic rings. The molecule has 0 saturated carbocycles. The lowest BCUT2D eigenvalue weighted by molar-refractivity contribution is 0.567. The second-order valence-corrected chi connectivity index (χ2v) is 5.48. The molecule has 0 spiro atoms. The first-order valence-electron chi connectivity index (χ1n) is 6.96. The smallest absolute Gasteiger partial charge is 0.230 e. The molecule has 0 amide bonds. The molecule has 0 unspecified atom stereocenters. The van der Waals surface area contributed by atoms with E-state index in [1.54, 1.807) is 0 Å². The number of rotatable bonds is 2. The molecule has 2 aromatic rings.